The summed E-state index contributed by atoms with van der Waals surface area (Å²) in [5, 5.41) is 9.27. The maximum Gasteiger partial charge on any atom is 0.242 e. The van der Waals surface area contributed by atoms with Gasteiger partial charge >= 0.3 is 0 Å². The molecule has 1 heterocycles. The number of fused-ring (bicyclic) bond motifs is 1. The summed E-state index contributed by atoms with van der Waals surface area (Å²) in [5.41, 5.74) is 6.92. The van der Waals surface area contributed by atoms with Crippen LogP contribution >= 0.6 is 0 Å². The predicted octanol–water partition coefficient (Wildman–Crippen LogP) is 1.81. The second kappa shape index (κ2) is 7.31. The molecule has 0 unspecified atom stereocenters. The molecule has 0 spiro atoms. The minimum absolute atomic E-state index is 0.0391. The molecular weight excluding hydrogens is 388 g/mol. The number of hydrogen-bond acceptors (Lipinski definition) is 4. The lowest BCUT2D eigenvalue weighted by atomic mass is 10.1. The van der Waals surface area contributed by atoms with Gasteiger partial charge in [-0.2, -0.15) is 4.72 Å². The van der Waals surface area contributed by atoms with Gasteiger partial charge in [-0.3, -0.25) is 10.2 Å². The molecule has 1 aliphatic rings. The molecular formula is C21H20N4O3S. The molecule has 1 fully saturated rings. The fourth-order valence-electron chi connectivity index (χ4n) is 3.37. The number of hydrogen-bond donors (Lipinski definition) is 3. The van der Waals surface area contributed by atoms with Gasteiger partial charge in [-0.15, -0.1) is 0 Å². The van der Waals surface area contributed by atoms with Gasteiger partial charge in [0.1, 0.15) is 11.9 Å². The van der Waals surface area contributed by atoms with E-state index in [1.54, 1.807) is 41.3 Å². The van der Waals surface area contributed by atoms with Crippen molar-refractivity contribution in [2.24, 2.45) is 5.73 Å². The maximum absolute atomic E-state index is 12.7. The van der Waals surface area contributed by atoms with E-state index in [-0.39, 0.29) is 23.2 Å². The van der Waals surface area contributed by atoms with Crippen LogP contribution in [0.15, 0.2) is 71.6 Å². The molecule has 4 N–H and O–H groups in total. The first-order chi connectivity index (χ1) is 13.8. The Morgan fingerprint density at radius 2 is 1.83 bits per heavy atom. The summed E-state index contributed by atoms with van der Waals surface area (Å²) in [7, 11) is -3.80. The Kier molecular flexibility index (Phi) is 4.81. The van der Waals surface area contributed by atoms with E-state index in [1.807, 2.05) is 30.3 Å². The fourth-order valence-corrected chi connectivity index (χ4v) is 4.59. The summed E-state index contributed by atoms with van der Waals surface area (Å²) in [6.45, 7) is 0.629. The summed E-state index contributed by atoms with van der Waals surface area (Å²) in [5.74, 6) is -0.314. The lowest BCUT2D eigenvalue weighted by molar-refractivity contribution is -0.143. The summed E-state index contributed by atoms with van der Waals surface area (Å²) < 4.78 is 27.9. The van der Waals surface area contributed by atoms with Crippen LogP contribution in [0.4, 0.5) is 0 Å². The maximum atomic E-state index is 12.7. The summed E-state index contributed by atoms with van der Waals surface area (Å²) in [4.78, 5) is 14.1. The van der Waals surface area contributed by atoms with E-state index < -0.39 is 16.1 Å². The highest BCUT2D eigenvalue weighted by Crippen LogP contribution is 2.21. The Balaban J connectivity index is 1.43. The van der Waals surface area contributed by atoms with Crippen LogP contribution in [0.1, 0.15) is 11.1 Å². The van der Waals surface area contributed by atoms with Gasteiger partial charge in [0.2, 0.25) is 15.9 Å². The molecule has 0 saturated carbocycles. The van der Waals surface area contributed by atoms with Gasteiger partial charge in [0.25, 0.3) is 0 Å². The third kappa shape index (κ3) is 3.85. The van der Waals surface area contributed by atoms with Gasteiger partial charge in [0, 0.05) is 18.7 Å². The number of nitrogens with zero attached hydrogens (tertiary/aromatic N) is 1. The molecule has 1 aliphatic heterocycles. The SMILES string of the molecule is N=C(N)c1cccc(CN2C[C@H](NS(=O)(=O)c3ccc4ccccc4c3)C2=O)c1. The molecule has 1 saturated heterocycles. The van der Waals surface area contributed by atoms with Crippen molar-refractivity contribution in [1.29, 1.82) is 5.41 Å². The van der Waals surface area contributed by atoms with Crippen LogP contribution in [0.2, 0.25) is 0 Å². The smallest absolute Gasteiger partial charge is 0.242 e. The van der Waals surface area contributed by atoms with Crippen molar-refractivity contribution in [3.05, 3.63) is 77.9 Å². The Hall–Kier alpha value is -3.23. The standard InChI is InChI=1S/C21H20N4O3S/c22-20(23)17-7-3-4-14(10-17)12-25-13-19(21(25)26)24-29(27,28)18-9-8-15-5-1-2-6-16(15)11-18/h1-11,19,24H,12-13H2,(H3,22,23)/t19-/m0/s1. The number of carbonyl (C=O) groups is 1. The second-order valence-electron chi connectivity index (χ2n) is 7.02. The Labute approximate surface area is 168 Å². The van der Waals surface area contributed by atoms with Crippen LogP contribution in [-0.2, 0) is 21.4 Å². The van der Waals surface area contributed by atoms with E-state index in [2.05, 4.69) is 4.72 Å². The van der Waals surface area contributed by atoms with Crippen LogP contribution in [-0.4, -0.2) is 37.6 Å². The molecule has 3 aromatic carbocycles. The van der Waals surface area contributed by atoms with E-state index in [0.717, 1.165) is 16.3 Å². The topological polar surface area (TPSA) is 116 Å². The van der Waals surface area contributed by atoms with Crippen molar-refractivity contribution in [2.75, 3.05) is 6.54 Å². The fraction of sp³-hybridized carbons (Fsp3) is 0.143. The van der Waals surface area contributed by atoms with Gasteiger partial charge < -0.3 is 10.6 Å². The van der Waals surface area contributed by atoms with Crippen LogP contribution in [0.25, 0.3) is 10.8 Å². The third-order valence-electron chi connectivity index (χ3n) is 4.95. The number of rotatable bonds is 6. The van der Waals surface area contributed by atoms with Gasteiger partial charge in [0.05, 0.1) is 4.90 Å². The first-order valence-electron chi connectivity index (χ1n) is 9.07. The van der Waals surface area contributed by atoms with Crippen molar-refractivity contribution in [2.45, 2.75) is 17.5 Å². The molecule has 29 heavy (non-hydrogen) atoms. The lowest BCUT2D eigenvalue weighted by Gasteiger charge is -2.38. The third-order valence-corrected chi connectivity index (χ3v) is 6.42. The van der Waals surface area contributed by atoms with E-state index in [1.165, 1.54) is 0 Å². The highest BCUT2D eigenvalue weighted by atomic mass is 32.2. The molecule has 1 atom stereocenters. The molecule has 8 heteroatoms. The lowest BCUT2D eigenvalue weighted by Crippen LogP contribution is -2.63. The Morgan fingerprint density at radius 1 is 1.07 bits per heavy atom. The molecule has 148 valence electrons. The number of carbonyl (C=O) groups excluding carboxylic acids is 1. The number of nitrogens with one attached hydrogen (secondary N) is 2. The van der Waals surface area contributed by atoms with E-state index >= 15 is 0 Å². The summed E-state index contributed by atoms with van der Waals surface area (Å²) in [6.07, 6.45) is 0. The molecule has 0 aromatic heterocycles. The van der Waals surface area contributed by atoms with E-state index in [0.29, 0.717) is 12.1 Å². The van der Waals surface area contributed by atoms with Crippen molar-refractivity contribution < 1.29 is 13.2 Å². The average Bonchev–Trinajstić information content (AvgIpc) is 2.72. The monoisotopic (exact) mass is 408 g/mol. The molecule has 3 aromatic rings. The zero-order valence-electron chi connectivity index (χ0n) is 15.5. The highest BCUT2D eigenvalue weighted by Gasteiger charge is 2.39. The molecule has 1 amide bonds. The van der Waals surface area contributed by atoms with Crippen molar-refractivity contribution in [3.8, 4) is 0 Å². The van der Waals surface area contributed by atoms with Crippen LogP contribution < -0.4 is 10.5 Å². The van der Waals surface area contributed by atoms with Crippen LogP contribution in [0, 0.1) is 5.41 Å². The summed E-state index contributed by atoms with van der Waals surface area (Å²) >= 11 is 0. The quantitative estimate of drug-likeness (QED) is 0.328. The molecule has 4 rings (SSSR count). The van der Waals surface area contributed by atoms with E-state index in [4.69, 9.17) is 11.1 Å². The molecule has 0 radical (unpaired) electrons. The molecule has 0 bridgehead atoms. The number of nitrogens with two attached hydrogens (primary N) is 1. The normalized spacial score (nSPS) is 16.6. The van der Waals surface area contributed by atoms with Crippen molar-refractivity contribution in [3.63, 3.8) is 0 Å². The van der Waals surface area contributed by atoms with Gasteiger partial charge in [0.15, 0.2) is 0 Å². The van der Waals surface area contributed by atoms with Gasteiger partial charge in [-0.1, -0.05) is 48.5 Å². The highest BCUT2D eigenvalue weighted by molar-refractivity contribution is 7.89. The zero-order valence-corrected chi connectivity index (χ0v) is 16.3. The minimum atomic E-state index is -3.80. The number of nitrogen functional groups attached to an aromatic ring is 1. The average molecular weight is 408 g/mol. The minimum Gasteiger partial charge on any atom is -0.384 e. The van der Waals surface area contributed by atoms with Gasteiger partial charge in [-0.05, 0) is 34.5 Å². The largest absolute Gasteiger partial charge is 0.384 e. The van der Waals surface area contributed by atoms with E-state index in [9.17, 15) is 13.2 Å². The zero-order chi connectivity index (χ0) is 20.6. The number of amidine groups is 1. The second-order valence-corrected chi connectivity index (χ2v) is 8.73. The number of amides is 1. The number of sulfonamides is 1. The summed E-state index contributed by atoms with van der Waals surface area (Å²) in [6, 6.07) is 18.7. The Bertz CT molecular complexity index is 1220. The van der Waals surface area contributed by atoms with Crippen molar-refractivity contribution in [1.82, 2.24) is 9.62 Å². The first kappa shape index (κ1) is 19.1. The number of β-lactam (4-membered cyclic amide) rings is 1. The van der Waals surface area contributed by atoms with Crippen LogP contribution in [0.3, 0.4) is 0 Å². The van der Waals surface area contributed by atoms with Crippen LogP contribution in [0.5, 0.6) is 0 Å². The molecule has 0 aliphatic carbocycles. The predicted molar refractivity (Wildman–Crippen MR) is 111 cm³/mol. The van der Waals surface area contributed by atoms with Crippen molar-refractivity contribution >= 4 is 32.5 Å². The molecule has 7 nitrogen and oxygen atoms in total. The number of benzene rings is 3. The van der Waals surface area contributed by atoms with Gasteiger partial charge in [-0.25, -0.2) is 8.42 Å². The Morgan fingerprint density at radius 3 is 2.55 bits per heavy atom. The first-order valence-corrected chi connectivity index (χ1v) is 10.5. The number of likely N-dealkylation sites (tertiary alicyclic amines) is 1.